The minimum atomic E-state index is -0.557. The first-order chi connectivity index (χ1) is 12.0. The lowest BCUT2D eigenvalue weighted by atomic mass is 10.1. The van der Waals surface area contributed by atoms with Gasteiger partial charge in [0, 0.05) is 12.8 Å². The molecule has 7 heteroatoms. The van der Waals surface area contributed by atoms with E-state index in [0.29, 0.717) is 18.2 Å². The molecule has 0 spiro atoms. The first kappa shape index (κ1) is 17.1. The number of urea groups is 1. The third kappa shape index (κ3) is 4.23. The van der Waals surface area contributed by atoms with Crippen molar-refractivity contribution in [2.45, 2.75) is 45.7 Å². The molecule has 25 heavy (non-hydrogen) atoms. The number of imide groups is 1. The second-order valence-electron chi connectivity index (χ2n) is 6.65. The molecule has 1 atom stereocenters. The molecule has 3 rings (SSSR count). The van der Waals surface area contributed by atoms with Crippen LogP contribution in [-0.2, 0) is 24.2 Å². The summed E-state index contributed by atoms with van der Waals surface area (Å²) < 4.78 is 5.17. The van der Waals surface area contributed by atoms with Crippen molar-refractivity contribution in [3.63, 3.8) is 0 Å². The molecule has 0 unspecified atom stereocenters. The van der Waals surface area contributed by atoms with Gasteiger partial charge in [0.25, 0.3) is 5.91 Å². The second-order valence-corrected chi connectivity index (χ2v) is 6.65. The van der Waals surface area contributed by atoms with Gasteiger partial charge in [-0.05, 0) is 17.9 Å². The van der Waals surface area contributed by atoms with E-state index >= 15 is 0 Å². The Kier molecular flexibility index (Phi) is 5.11. The van der Waals surface area contributed by atoms with E-state index in [1.165, 1.54) is 0 Å². The Balaban J connectivity index is 1.61. The van der Waals surface area contributed by atoms with E-state index < -0.39 is 12.1 Å². The fourth-order valence-electron chi connectivity index (χ4n) is 2.72. The van der Waals surface area contributed by atoms with Gasteiger partial charge in [0.15, 0.2) is 5.82 Å². The molecule has 3 amide bonds. The van der Waals surface area contributed by atoms with Crippen LogP contribution in [0, 0.1) is 5.92 Å². The fraction of sp³-hybridized carbons (Fsp3) is 0.444. The predicted molar refractivity (Wildman–Crippen MR) is 90.5 cm³/mol. The third-order valence-corrected chi connectivity index (χ3v) is 4.14. The molecule has 1 aromatic heterocycles. The number of rotatable bonds is 7. The zero-order valence-electron chi connectivity index (χ0n) is 14.4. The maximum Gasteiger partial charge on any atom is 0.325 e. The largest absolute Gasteiger partial charge is 0.337 e. The minimum Gasteiger partial charge on any atom is -0.337 e. The Morgan fingerprint density at radius 2 is 2.00 bits per heavy atom. The molecule has 1 aliphatic heterocycles. The number of carbonyl (C=O) groups is 2. The van der Waals surface area contributed by atoms with Crippen molar-refractivity contribution >= 4 is 11.9 Å². The standard InChI is InChI=1S/C18H22N4O3/c1-12(2)8-9-15-20-16(25-21-15)11-22-17(23)14(19-18(22)24)10-13-6-4-3-5-7-13/h3-7,12,14H,8-11H2,1-2H3,(H,19,24)/t14-/m0/s1. The number of aromatic nitrogens is 2. The predicted octanol–water partition coefficient (Wildman–Crippen LogP) is 2.32. The number of aryl methyl sites for hydroxylation is 1. The van der Waals surface area contributed by atoms with Crippen molar-refractivity contribution in [3.8, 4) is 0 Å². The van der Waals surface area contributed by atoms with Crippen LogP contribution >= 0.6 is 0 Å². The SMILES string of the molecule is CC(C)CCc1noc(CN2C(=O)N[C@@H](Cc3ccccc3)C2=O)n1. The van der Waals surface area contributed by atoms with Crippen LogP contribution in [0.25, 0.3) is 0 Å². The molecule has 0 radical (unpaired) electrons. The van der Waals surface area contributed by atoms with Crippen LogP contribution in [0.4, 0.5) is 4.79 Å². The lowest BCUT2D eigenvalue weighted by Gasteiger charge is -2.10. The molecule has 2 heterocycles. The normalized spacial score (nSPS) is 17.4. The highest BCUT2D eigenvalue weighted by molar-refractivity contribution is 6.04. The summed E-state index contributed by atoms with van der Waals surface area (Å²) in [7, 11) is 0. The summed E-state index contributed by atoms with van der Waals surface area (Å²) in [6.45, 7) is 4.26. The molecule has 2 aromatic rings. The van der Waals surface area contributed by atoms with E-state index in [9.17, 15) is 9.59 Å². The van der Waals surface area contributed by atoms with Crippen LogP contribution in [0.2, 0.25) is 0 Å². The van der Waals surface area contributed by atoms with E-state index in [1.807, 2.05) is 30.3 Å². The van der Waals surface area contributed by atoms with E-state index in [1.54, 1.807) is 0 Å². The lowest BCUT2D eigenvalue weighted by molar-refractivity contribution is -0.128. The summed E-state index contributed by atoms with van der Waals surface area (Å²) in [4.78, 5) is 30.0. The first-order valence-electron chi connectivity index (χ1n) is 8.50. The van der Waals surface area contributed by atoms with Crippen LogP contribution in [-0.4, -0.2) is 33.0 Å². The Hall–Kier alpha value is -2.70. The number of hydrogen-bond acceptors (Lipinski definition) is 5. The Bertz CT molecular complexity index is 742. The molecule has 132 valence electrons. The Morgan fingerprint density at radius 3 is 2.72 bits per heavy atom. The van der Waals surface area contributed by atoms with E-state index in [4.69, 9.17) is 4.52 Å². The minimum absolute atomic E-state index is 0.00460. The molecule has 0 bridgehead atoms. The van der Waals surface area contributed by atoms with Crippen LogP contribution < -0.4 is 5.32 Å². The quantitative estimate of drug-likeness (QED) is 0.780. The summed E-state index contributed by atoms with van der Waals surface area (Å²) >= 11 is 0. The molecule has 1 aliphatic rings. The summed E-state index contributed by atoms with van der Waals surface area (Å²) in [5.74, 6) is 1.17. The number of hydrogen-bond donors (Lipinski definition) is 1. The second kappa shape index (κ2) is 7.46. The zero-order valence-corrected chi connectivity index (χ0v) is 14.4. The van der Waals surface area contributed by atoms with Gasteiger partial charge in [-0.15, -0.1) is 0 Å². The molecule has 0 saturated carbocycles. The van der Waals surface area contributed by atoms with Crippen molar-refractivity contribution in [1.82, 2.24) is 20.4 Å². The molecule has 1 aromatic carbocycles. The summed E-state index contributed by atoms with van der Waals surface area (Å²) in [5, 5.41) is 6.63. The van der Waals surface area contributed by atoms with Gasteiger partial charge in [-0.3, -0.25) is 9.69 Å². The highest BCUT2D eigenvalue weighted by Gasteiger charge is 2.38. The summed E-state index contributed by atoms with van der Waals surface area (Å²) in [6, 6.07) is 8.61. The summed E-state index contributed by atoms with van der Waals surface area (Å²) in [6.07, 6.45) is 2.14. The van der Waals surface area contributed by atoms with Crippen molar-refractivity contribution in [2.75, 3.05) is 0 Å². The number of nitrogens with one attached hydrogen (secondary N) is 1. The number of nitrogens with zero attached hydrogens (tertiary/aromatic N) is 3. The maximum absolute atomic E-state index is 12.5. The van der Waals surface area contributed by atoms with Gasteiger partial charge in [0.2, 0.25) is 5.89 Å². The number of benzene rings is 1. The Labute approximate surface area is 146 Å². The molecule has 0 aliphatic carbocycles. The van der Waals surface area contributed by atoms with Gasteiger partial charge in [-0.25, -0.2) is 4.79 Å². The van der Waals surface area contributed by atoms with E-state index in [0.717, 1.165) is 23.3 Å². The van der Waals surface area contributed by atoms with Gasteiger partial charge in [-0.2, -0.15) is 4.98 Å². The van der Waals surface area contributed by atoms with Gasteiger partial charge in [0.05, 0.1) is 0 Å². The van der Waals surface area contributed by atoms with Gasteiger partial charge in [-0.1, -0.05) is 49.3 Å². The first-order valence-corrected chi connectivity index (χ1v) is 8.50. The number of amides is 3. The van der Waals surface area contributed by atoms with Gasteiger partial charge in [0.1, 0.15) is 12.6 Å². The van der Waals surface area contributed by atoms with Crippen LogP contribution in [0.1, 0.15) is 37.5 Å². The van der Waals surface area contributed by atoms with E-state index in [-0.39, 0.29) is 18.3 Å². The summed E-state index contributed by atoms with van der Waals surface area (Å²) in [5.41, 5.74) is 0.997. The van der Waals surface area contributed by atoms with Crippen molar-refractivity contribution < 1.29 is 14.1 Å². The molecule has 1 fully saturated rings. The molecular formula is C18H22N4O3. The third-order valence-electron chi connectivity index (χ3n) is 4.14. The number of carbonyl (C=O) groups excluding carboxylic acids is 2. The fourth-order valence-corrected chi connectivity index (χ4v) is 2.72. The van der Waals surface area contributed by atoms with E-state index in [2.05, 4.69) is 29.3 Å². The molecule has 7 nitrogen and oxygen atoms in total. The van der Waals surface area contributed by atoms with Crippen LogP contribution in [0.15, 0.2) is 34.9 Å². The van der Waals surface area contributed by atoms with Crippen LogP contribution in [0.5, 0.6) is 0 Å². The highest BCUT2D eigenvalue weighted by atomic mass is 16.5. The lowest BCUT2D eigenvalue weighted by Crippen LogP contribution is -2.32. The smallest absolute Gasteiger partial charge is 0.325 e. The van der Waals surface area contributed by atoms with Gasteiger partial charge >= 0.3 is 6.03 Å². The topological polar surface area (TPSA) is 88.3 Å². The average Bonchev–Trinajstić information content (AvgIpc) is 3.14. The zero-order chi connectivity index (χ0) is 17.8. The molecular weight excluding hydrogens is 320 g/mol. The highest BCUT2D eigenvalue weighted by Crippen LogP contribution is 2.15. The van der Waals surface area contributed by atoms with Crippen molar-refractivity contribution in [1.29, 1.82) is 0 Å². The van der Waals surface area contributed by atoms with Crippen molar-refractivity contribution in [3.05, 3.63) is 47.6 Å². The monoisotopic (exact) mass is 342 g/mol. The van der Waals surface area contributed by atoms with Crippen molar-refractivity contribution in [2.24, 2.45) is 5.92 Å². The average molecular weight is 342 g/mol. The molecule has 1 N–H and O–H groups in total. The van der Waals surface area contributed by atoms with Crippen LogP contribution in [0.3, 0.4) is 0 Å². The molecule has 1 saturated heterocycles. The van der Waals surface area contributed by atoms with Gasteiger partial charge < -0.3 is 9.84 Å². The Morgan fingerprint density at radius 1 is 1.24 bits per heavy atom. The maximum atomic E-state index is 12.5.